The SMILES string of the molecule is CC1(CC(=O)OC(=O)c2ccccc2)CC1. The van der Waals surface area contributed by atoms with E-state index in [1.807, 2.05) is 13.0 Å². The minimum atomic E-state index is -0.560. The van der Waals surface area contributed by atoms with E-state index in [2.05, 4.69) is 0 Å². The first-order valence-corrected chi connectivity index (χ1v) is 5.39. The zero-order valence-electron chi connectivity index (χ0n) is 9.23. The minimum Gasteiger partial charge on any atom is -0.389 e. The summed E-state index contributed by atoms with van der Waals surface area (Å²) >= 11 is 0. The highest BCUT2D eigenvalue weighted by molar-refractivity contribution is 5.96. The van der Waals surface area contributed by atoms with E-state index < -0.39 is 11.9 Å². The van der Waals surface area contributed by atoms with Crippen LogP contribution in [0.15, 0.2) is 30.3 Å². The fraction of sp³-hybridized carbons (Fsp3) is 0.385. The van der Waals surface area contributed by atoms with Crippen LogP contribution in [0.3, 0.4) is 0 Å². The van der Waals surface area contributed by atoms with Crippen molar-refractivity contribution in [2.75, 3.05) is 0 Å². The van der Waals surface area contributed by atoms with Gasteiger partial charge in [-0.15, -0.1) is 0 Å². The lowest BCUT2D eigenvalue weighted by Crippen LogP contribution is -2.15. The third-order valence-corrected chi connectivity index (χ3v) is 2.89. The van der Waals surface area contributed by atoms with E-state index >= 15 is 0 Å². The highest BCUT2D eigenvalue weighted by Gasteiger charge is 2.40. The second kappa shape index (κ2) is 4.08. The Morgan fingerprint density at radius 2 is 1.88 bits per heavy atom. The van der Waals surface area contributed by atoms with E-state index in [4.69, 9.17) is 4.74 Å². The van der Waals surface area contributed by atoms with Gasteiger partial charge in [-0.2, -0.15) is 0 Å². The van der Waals surface area contributed by atoms with Gasteiger partial charge in [0.15, 0.2) is 0 Å². The fourth-order valence-electron chi connectivity index (χ4n) is 1.51. The Bertz CT molecular complexity index is 404. The average molecular weight is 218 g/mol. The summed E-state index contributed by atoms with van der Waals surface area (Å²) in [6.07, 6.45) is 2.43. The standard InChI is InChI=1S/C13H14O3/c1-13(7-8-13)9-11(14)16-12(15)10-5-3-2-4-6-10/h2-6H,7-9H2,1H3. The van der Waals surface area contributed by atoms with Crippen LogP contribution < -0.4 is 0 Å². The molecule has 0 aromatic heterocycles. The molecule has 0 unspecified atom stereocenters. The molecule has 3 heteroatoms. The predicted molar refractivity (Wildman–Crippen MR) is 58.8 cm³/mol. The van der Waals surface area contributed by atoms with Crippen LogP contribution in [0.1, 0.15) is 36.5 Å². The highest BCUT2D eigenvalue weighted by atomic mass is 16.6. The molecular formula is C13H14O3. The number of carbonyl (C=O) groups is 2. The van der Waals surface area contributed by atoms with Crippen LogP contribution in [0.5, 0.6) is 0 Å². The fourth-order valence-corrected chi connectivity index (χ4v) is 1.51. The molecule has 3 nitrogen and oxygen atoms in total. The van der Waals surface area contributed by atoms with Gasteiger partial charge >= 0.3 is 11.9 Å². The van der Waals surface area contributed by atoms with E-state index in [-0.39, 0.29) is 5.41 Å². The van der Waals surface area contributed by atoms with Gasteiger partial charge in [-0.3, -0.25) is 4.79 Å². The summed E-state index contributed by atoms with van der Waals surface area (Å²) < 4.78 is 4.77. The van der Waals surface area contributed by atoms with Crippen molar-refractivity contribution in [3.8, 4) is 0 Å². The van der Waals surface area contributed by atoms with Gasteiger partial charge < -0.3 is 4.74 Å². The second-order valence-corrected chi connectivity index (χ2v) is 4.61. The molecule has 16 heavy (non-hydrogen) atoms. The lowest BCUT2D eigenvalue weighted by atomic mass is 10.1. The number of hydrogen-bond acceptors (Lipinski definition) is 3. The summed E-state index contributed by atoms with van der Waals surface area (Å²) in [4.78, 5) is 23.0. The van der Waals surface area contributed by atoms with Crippen LogP contribution in [0.4, 0.5) is 0 Å². The maximum Gasteiger partial charge on any atom is 0.345 e. The topological polar surface area (TPSA) is 43.4 Å². The van der Waals surface area contributed by atoms with Crippen LogP contribution in [0.2, 0.25) is 0 Å². The van der Waals surface area contributed by atoms with Gasteiger partial charge in [0.1, 0.15) is 0 Å². The molecule has 1 aromatic rings. The Hall–Kier alpha value is -1.64. The molecule has 0 heterocycles. The number of ether oxygens (including phenoxy) is 1. The zero-order chi connectivity index (χ0) is 11.6. The van der Waals surface area contributed by atoms with Crippen molar-refractivity contribution in [2.24, 2.45) is 5.41 Å². The monoisotopic (exact) mass is 218 g/mol. The van der Waals surface area contributed by atoms with Crippen LogP contribution in [-0.2, 0) is 9.53 Å². The molecule has 1 fully saturated rings. The summed E-state index contributed by atoms with van der Waals surface area (Å²) in [6, 6.07) is 8.55. The molecule has 0 amide bonds. The van der Waals surface area contributed by atoms with Gasteiger partial charge in [0, 0.05) is 0 Å². The summed E-state index contributed by atoms with van der Waals surface area (Å²) in [7, 11) is 0. The van der Waals surface area contributed by atoms with Crippen LogP contribution >= 0.6 is 0 Å². The summed E-state index contributed by atoms with van der Waals surface area (Å²) in [5.74, 6) is -0.983. The van der Waals surface area contributed by atoms with Crippen molar-refractivity contribution in [3.63, 3.8) is 0 Å². The van der Waals surface area contributed by atoms with Gasteiger partial charge in [-0.05, 0) is 30.4 Å². The van der Waals surface area contributed by atoms with Crippen molar-refractivity contribution in [3.05, 3.63) is 35.9 Å². The van der Waals surface area contributed by atoms with Gasteiger partial charge in [0.2, 0.25) is 0 Å². The summed E-state index contributed by atoms with van der Waals surface area (Å²) in [5, 5.41) is 0. The van der Waals surface area contributed by atoms with Gasteiger partial charge in [-0.1, -0.05) is 25.1 Å². The van der Waals surface area contributed by atoms with Crippen molar-refractivity contribution in [2.45, 2.75) is 26.2 Å². The second-order valence-electron chi connectivity index (χ2n) is 4.61. The number of carbonyl (C=O) groups excluding carboxylic acids is 2. The molecule has 0 bridgehead atoms. The van der Waals surface area contributed by atoms with Gasteiger partial charge in [0.05, 0.1) is 12.0 Å². The molecule has 84 valence electrons. The van der Waals surface area contributed by atoms with E-state index in [1.54, 1.807) is 24.3 Å². The number of esters is 2. The summed E-state index contributed by atoms with van der Waals surface area (Å²) in [5.41, 5.74) is 0.491. The third-order valence-electron chi connectivity index (χ3n) is 2.89. The first-order chi connectivity index (χ1) is 7.59. The van der Waals surface area contributed by atoms with E-state index in [0.717, 1.165) is 12.8 Å². The van der Waals surface area contributed by atoms with Gasteiger partial charge in [0.25, 0.3) is 0 Å². The molecule has 1 aliphatic carbocycles. The highest BCUT2D eigenvalue weighted by Crippen LogP contribution is 2.48. The van der Waals surface area contributed by atoms with Gasteiger partial charge in [-0.25, -0.2) is 4.79 Å². The van der Waals surface area contributed by atoms with Crippen molar-refractivity contribution < 1.29 is 14.3 Å². The molecule has 2 rings (SSSR count). The Labute approximate surface area is 94.4 Å². The lowest BCUT2D eigenvalue weighted by molar-refractivity contribution is -0.139. The van der Waals surface area contributed by atoms with Crippen molar-refractivity contribution >= 4 is 11.9 Å². The summed E-state index contributed by atoms with van der Waals surface area (Å²) in [6.45, 7) is 2.03. The maximum atomic E-state index is 11.5. The zero-order valence-corrected chi connectivity index (χ0v) is 9.23. The Morgan fingerprint density at radius 1 is 1.25 bits per heavy atom. The van der Waals surface area contributed by atoms with Crippen molar-refractivity contribution in [1.29, 1.82) is 0 Å². The Morgan fingerprint density at radius 3 is 2.44 bits per heavy atom. The number of rotatable bonds is 3. The van der Waals surface area contributed by atoms with E-state index in [1.165, 1.54) is 0 Å². The van der Waals surface area contributed by atoms with E-state index in [0.29, 0.717) is 12.0 Å². The molecule has 1 aliphatic rings. The molecule has 0 spiro atoms. The van der Waals surface area contributed by atoms with Crippen molar-refractivity contribution in [1.82, 2.24) is 0 Å². The molecular weight excluding hydrogens is 204 g/mol. The van der Waals surface area contributed by atoms with Crippen LogP contribution in [0, 0.1) is 5.41 Å². The number of hydrogen-bond donors (Lipinski definition) is 0. The minimum absolute atomic E-state index is 0.0774. The maximum absolute atomic E-state index is 11.5. The average Bonchev–Trinajstić information content (AvgIpc) is 2.96. The molecule has 0 radical (unpaired) electrons. The number of benzene rings is 1. The van der Waals surface area contributed by atoms with E-state index in [9.17, 15) is 9.59 Å². The smallest absolute Gasteiger partial charge is 0.345 e. The Balaban J connectivity index is 1.90. The third kappa shape index (κ3) is 2.69. The first-order valence-electron chi connectivity index (χ1n) is 5.39. The van der Waals surface area contributed by atoms with Crippen LogP contribution in [0.25, 0.3) is 0 Å². The molecule has 0 saturated heterocycles. The molecule has 0 N–H and O–H groups in total. The molecule has 1 aromatic carbocycles. The lowest BCUT2D eigenvalue weighted by Gasteiger charge is -2.06. The first kappa shape index (κ1) is 10.9. The largest absolute Gasteiger partial charge is 0.389 e. The Kier molecular flexibility index (Phi) is 2.77. The molecule has 0 aliphatic heterocycles. The van der Waals surface area contributed by atoms with Crippen LogP contribution in [-0.4, -0.2) is 11.9 Å². The molecule has 1 saturated carbocycles. The quantitative estimate of drug-likeness (QED) is 0.578. The predicted octanol–water partition coefficient (Wildman–Crippen LogP) is 2.56. The molecule has 0 atom stereocenters. The normalized spacial score (nSPS) is 16.6.